The highest BCUT2D eigenvalue weighted by molar-refractivity contribution is 7.93. The Morgan fingerprint density at radius 1 is 0.923 bits per heavy atom. The Bertz CT molecular complexity index is 1410. The van der Waals surface area contributed by atoms with Crippen molar-refractivity contribution in [3.63, 3.8) is 0 Å². The Labute approximate surface area is 226 Å². The molecule has 1 heterocycles. The number of hydrogen-bond acceptors (Lipinski definition) is 5. The fourth-order valence-electron chi connectivity index (χ4n) is 4.36. The van der Waals surface area contributed by atoms with Gasteiger partial charge in [-0.1, -0.05) is 42.5 Å². The molecule has 4 rings (SSSR count). The summed E-state index contributed by atoms with van der Waals surface area (Å²) in [6.07, 6.45) is 2.11. The summed E-state index contributed by atoms with van der Waals surface area (Å²) >= 11 is 0. The molecule has 0 aromatic heterocycles. The van der Waals surface area contributed by atoms with Crippen LogP contribution in [0.3, 0.4) is 0 Å². The molecule has 3 aromatic carbocycles. The molecule has 1 unspecified atom stereocenters. The number of carbonyl (C=O) groups is 2. The summed E-state index contributed by atoms with van der Waals surface area (Å²) in [5, 5.41) is 0.857. The van der Waals surface area contributed by atoms with E-state index in [-0.39, 0.29) is 12.5 Å². The van der Waals surface area contributed by atoms with Crippen molar-refractivity contribution in [2.45, 2.75) is 25.3 Å². The highest BCUT2D eigenvalue weighted by Gasteiger charge is 2.37. The van der Waals surface area contributed by atoms with Gasteiger partial charge in [-0.3, -0.25) is 9.59 Å². The van der Waals surface area contributed by atoms with E-state index in [4.69, 9.17) is 4.74 Å². The second kappa shape index (κ2) is 12.8. The summed E-state index contributed by atoms with van der Waals surface area (Å²) in [5.41, 5.74) is 1.45. The van der Waals surface area contributed by atoms with E-state index in [9.17, 15) is 26.8 Å². The van der Waals surface area contributed by atoms with Crippen LogP contribution in [-0.2, 0) is 30.8 Å². The Hall–Kier alpha value is -3.89. The number of sulfonamides is 1. The lowest BCUT2D eigenvalue weighted by molar-refractivity contribution is -0.133. The second-order valence-electron chi connectivity index (χ2n) is 9.14. The smallest absolute Gasteiger partial charge is 0.257 e. The Balaban J connectivity index is 1.66. The SMILES string of the molecule is O=C(NS(=O)(=O)C=Cc1ccccc1)C(Cc1ccc(F)cc1)C(=O)N(c1ccc(F)cc1)C1CCOCC1. The standard InChI is InChI=1S/C29H28F2N2O5S/c30-23-8-6-22(7-9-23)20-27(28(34)32-39(36,37)19-16-21-4-2-1-3-5-21)29(35)33(26-14-17-38-18-15-26)25-12-10-24(31)11-13-25/h1-13,16,19,26-27H,14-15,17-18,20H2,(H,32,34). The van der Waals surface area contributed by atoms with Gasteiger partial charge >= 0.3 is 0 Å². The van der Waals surface area contributed by atoms with Crippen molar-refractivity contribution in [2.24, 2.45) is 5.92 Å². The van der Waals surface area contributed by atoms with E-state index in [1.807, 2.05) is 4.72 Å². The molecule has 7 nitrogen and oxygen atoms in total. The van der Waals surface area contributed by atoms with E-state index in [2.05, 4.69) is 0 Å². The minimum atomic E-state index is -4.26. The Morgan fingerprint density at radius 3 is 2.13 bits per heavy atom. The normalized spacial score (nSPS) is 15.1. The van der Waals surface area contributed by atoms with Gasteiger partial charge in [-0.25, -0.2) is 21.9 Å². The van der Waals surface area contributed by atoms with E-state index >= 15 is 0 Å². The molecule has 10 heteroatoms. The van der Waals surface area contributed by atoms with Gasteiger partial charge in [0, 0.05) is 24.9 Å². The number of benzene rings is 3. The number of amides is 2. The molecule has 39 heavy (non-hydrogen) atoms. The molecule has 1 fully saturated rings. The van der Waals surface area contributed by atoms with Gasteiger partial charge in [-0.2, -0.15) is 0 Å². The van der Waals surface area contributed by atoms with Gasteiger partial charge in [-0.15, -0.1) is 0 Å². The van der Waals surface area contributed by atoms with Gasteiger partial charge in [0.15, 0.2) is 0 Å². The maximum Gasteiger partial charge on any atom is 0.257 e. The molecule has 0 aliphatic carbocycles. The van der Waals surface area contributed by atoms with Gasteiger partial charge in [0.05, 0.1) is 5.41 Å². The second-order valence-corrected chi connectivity index (χ2v) is 10.7. The Kier molecular flexibility index (Phi) is 9.21. The molecule has 0 spiro atoms. The first-order valence-electron chi connectivity index (χ1n) is 12.4. The fraction of sp³-hybridized carbons (Fsp3) is 0.241. The number of anilines is 1. The zero-order valence-corrected chi connectivity index (χ0v) is 21.8. The highest BCUT2D eigenvalue weighted by atomic mass is 32.2. The molecular weight excluding hydrogens is 526 g/mol. The molecule has 3 aromatic rings. The first-order valence-corrected chi connectivity index (χ1v) is 14.0. The van der Waals surface area contributed by atoms with Crippen LogP contribution in [0.4, 0.5) is 14.5 Å². The summed E-state index contributed by atoms with van der Waals surface area (Å²) in [7, 11) is -4.26. The van der Waals surface area contributed by atoms with Crippen LogP contribution in [0.25, 0.3) is 6.08 Å². The minimum absolute atomic E-state index is 0.177. The zero-order chi connectivity index (χ0) is 27.8. The molecule has 2 amide bonds. The maximum atomic E-state index is 14.0. The van der Waals surface area contributed by atoms with Crippen LogP contribution in [0.1, 0.15) is 24.0 Å². The van der Waals surface area contributed by atoms with Crippen molar-refractivity contribution in [1.29, 1.82) is 0 Å². The van der Waals surface area contributed by atoms with Crippen molar-refractivity contribution in [2.75, 3.05) is 18.1 Å². The van der Waals surface area contributed by atoms with Gasteiger partial charge in [0.1, 0.15) is 17.6 Å². The molecular formula is C29H28F2N2O5S. The lowest BCUT2D eigenvalue weighted by Gasteiger charge is -2.36. The highest BCUT2D eigenvalue weighted by Crippen LogP contribution is 2.27. The molecule has 0 saturated carbocycles. The lowest BCUT2D eigenvalue weighted by atomic mass is 9.95. The lowest BCUT2D eigenvalue weighted by Crippen LogP contribution is -2.51. The quantitative estimate of drug-likeness (QED) is 0.395. The van der Waals surface area contributed by atoms with E-state index < -0.39 is 39.4 Å². The molecule has 1 N–H and O–H groups in total. The van der Waals surface area contributed by atoms with Crippen molar-refractivity contribution in [1.82, 2.24) is 4.72 Å². The maximum absolute atomic E-state index is 14.0. The van der Waals surface area contributed by atoms with Crippen molar-refractivity contribution in [3.05, 3.63) is 107 Å². The molecule has 1 aliphatic rings. The van der Waals surface area contributed by atoms with Gasteiger partial charge < -0.3 is 9.64 Å². The molecule has 1 aliphatic heterocycles. The van der Waals surface area contributed by atoms with Crippen molar-refractivity contribution in [3.8, 4) is 0 Å². The van der Waals surface area contributed by atoms with Crippen LogP contribution in [0.5, 0.6) is 0 Å². The molecule has 204 valence electrons. The molecule has 0 bridgehead atoms. The molecule has 1 atom stereocenters. The van der Waals surface area contributed by atoms with Crippen LogP contribution in [0.15, 0.2) is 84.3 Å². The van der Waals surface area contributed by atoms with E-state index in [1.54, 1.807) is 30.3 Å². The number of halogens is 2. The van der Waals surface area contributed by atoms with Crippen LogP contribution in [-0.4, -0.2) is 39.5 Å². The number of ether oxygens (including phenoxy) is 1. The topological polar surface area (TPSA) is 92.8 Å². The summed E-state index contributed by atoms with van der Waals surface area (Å²) in [5.74, 6) is -4.13. The molecule has 0 radical (unpaired) electrons. The largest absolute Gasteiger partial charge is 0.381 e. The predicted octanol–water partition coefficient (Wildman–Crippen LogP) is 4.45. The van der Waals surface area contributed by atoms with Gasteiger partial charge in [-0.05, 0) is 72.9 Å². The molecule has 1 saturated heterocycles. The van der Waals surface area contributed by atoms with Gasteiger partial charge in [0.2, 0.25) is 11.8 Å². The van der Waals surface area contributed by atoms with Crippen LogP contribution < -0.4 is 9.62 Å². The summed E-state index contributed by atoms with van der Waals surface area (Å²) in [6.45, 7) is 0.784. The monoisotopic (exact) mass is 554 g/mol. The van der Waals surface area contributed by atoms with Crippen molar-refractivity contribution >= 4 is 33.6 Å². The third kappa shape index (κ3) is 7.81. The number of hydrogen-bond donors (Lipinski definition) is 1. The first-order chi connectivity index (χ1) is 18.7. The number of carbonyl (C=O) groups excluding carboxylic acids is 2. The summed E-state index contributed by atoms with van der Waals surface area (Å²) in [6, 6.07) is 18.9. The predicted molar refractivity (Wildman–Crippen MR) is 144 cm³/mol. The van der Waals surface area contributed by atoms with E-state index in [1.165, 1.54) is 59.5 Å². The average molecular weight is 555 g/mol. The number of nitrogens with zero attached hydrogens (tertiary/aromatic N) is 1. The van der Waals surface area contributed by atoms with Crippen LogP contribution >= 0.6 is 0 Å². The summed E-state index contributed by atoms with van der Waals surface area (Å²) < 4.78 is 60.2. The minimum Gasteiger partial charge on any atom is -0.381 e. The zero-order valence-electron chi connectivity index (χ0n) is 21.0. The third-order valence-corrected chi connectivity index (χ3v) is 7.33. The van der Waals surface area contributed by atoms with Crippen LogP contribution in [0.2, 0.25) is 0 Å². The van der Waals surface area contributed by atoms with Crippen molar-refractivity contribution < 1.29 is 31.5 Å². The average Bonchev–Trinajstić information content (AvgIpc) is 2.93. The van der Waals surface area contributed by atoms with E-state index in [0.717, 1.165) is 5.41 Å². The Morgan fingerprint density at radius 2 is 1.51 bits per heavy atom. The summed E-state index contributed by atoms with van der Waals surface area (Å²) in [4.78, 5) is 28.9. The number of nitrogens with one attached hydrogen (secondary N) is 1. The van der Waals surface area contributed by atoms with Gasteiger partial charge in [0.25, 0.3) is 10.0 Å². The first kappa shape index (κ1) is 28.1. The van der Waals surface area contributed by atoms with E-state index in [0.29, 0.717) is 42.9 Å². The fourth-order valence-corrected chi connectivity index (χ4v) is 5.18. The third-order valence-electron chi connectivity index (χ3n) is 6.35. The number of rotatable bonds is 9. The van der Waals surface area contributed by atoms with Crippen LogP contribution in [0, 0.1) is 17.6 Å².